The summed E-state index contributed by atoms with van der Waals surface area (Å²) in [5.41, 5.74) is 0. The molecule has 2 aliphatic carbocycles. The van der Waals surface area contributed by atoms with Crippen LogP contribution < -0.4 is 0 Å². The smallest absolute Gasteiger partial charge is 0.432 e. The van der Waals surface area contributed by atoms with Gasteiger partial charge in [0.2, 0.25) is 0 Å². The van der Waals surface area contributed by atoms with Crippen molar-refractivity contribution in [2.45, 2.75) is 50.9 Å². The lowest BCUT2D eigenvalue weighted by atomic mass is 9.78. The normalized spacial score (nSPS) is 26.5. The van der Waals surface area contributed by atoms with E-state index in [0.717, 1.165) is 0 Å². The van der Waals surface area contributed by atoms with E-state index in [1.54, 1.807) is 54.6 Å². The summed E-state index contributed by atoms with van der Waals surface area (Å²) in [5, 5.41) is 4.59. The molecule has 14 heteroatoms. The van der Waals surface area contributed by atoms with E-state index < -0.39 is 92.5 Å². The highest BCUT2D eigenvalue weighted by atomic mass is 32.3. The third-order valence-electron chi connectivity index (χ3n) is 8.66. The molecule has 6 rings (SSSR count). The third kappa shape index (κ3) is 5.02. The molecule has 8 nitrogen and oxygen atoms in total. The summed E-state index contributed by atoms with van der Waals surface area (Å²) in [4.78, 5) is 25.5. The van der Waals surface area contributed by atoms with Crippen LogP contribution in [-0.4, -0.2) is 55.5 Å². The second-order valence-electron chi connectivity index (χ2n) is 11.2. The molecule has 2 bridgehead atoms. The summed E-state index contributed by atoms with van der Waals surface area (Å²) in [6, 6.07) is 22.9. The van der Waals surface area contributed by atoms with Crippen LogP contribution in [0.25, 0.3) is 0 Å². The number of carbonyl (C=O) groups is 2. The van der Waals surface area contributed by atoms with Gasteiger partial charge >= 0.3 is 33.2 Å². The van der Waals surface area contributed by atoms with Crippen LogP contribution in [0.15, 0.2) is 106 Å². The molecule has 3 aromatic carbocycles. The van der Waals surface area contributed by atoms with E-state index in [9.17, 15) is 23.1 Å². The van der Waals surface area contributed by atoms with Crippen LogP contribution in [0, 0.1) is 23.7 Å². The predicted molar refractivity (Wildman–Crippen MR) is 152 cm³/mol. The summed E-state index contributed by atoms with van der Waals surface area (Å²) in [6.45, 7) is -1.28. The quantitative estimate of drug-likeness (QED) is 0.209. The first-order valence-corrected chi connectivity index (χ1v) is 17.0. The Morgan fingerprint density at radius 1 is 0.844 bits per heavy atom. The Labute approximate surface area is 257 Å². The molecule has 1 heterocycles. The molecule has 0 amide bonds. The number of carbonyl (C=O) groups excluding carboxylic acids is 2. The van der Waals surface area contributed by atoms with Gasteiger partial charge in [0.05, 0.1) is 31.0 Å². The fraction of sp³-hybridized carbons (Fsp3) is 0.355. The Morgan fingerprint density at radius 2 is 1.33 bits per heavy atom. The van der Waals surface area contributed by atoms with Gasteiger partial charge in [0, 0.05) is 26.5 Å². The largest absolute Gasteiger partial charge is 0.465 e. The molecule has 3 aliphatic rings. The Bertz CT molecular complexity index is 1580. The van der Waals surface area contributed by atoms with E-state index in [1.165, 1.54) is 36.4 Å². The number of aliphatic hydroxyl groups excluding tert-OH is 1. The van der Waals surface area contributed by atoms with Gasteiger partial charge in [-0.3, -0.25) is 9.59 Å². The van der Waals surface area contributed by atoms with Crippen molar-refractivity contribution in [3.8, 4) is 0 Å². The number of fused-ring (bicyclic) bond motifs is 1. The summed E-state index contributed by atoms with van der Waals surface area (Å²) in [5.74, 6) is -10.3. The maximum absolute atomic E-state index is 15.5. The number of benzene rings is 3. The van der Waals surface area contributed by atoms with Crippen molar-refractivity contribution < 1.29 is 53.8 Å². The summed E-state index contributed by atoms with van der Waals surface area (Å²) in [7, 11) is -9.95. The maximum atomic E-state index is 15.5. The van der Waals surface area contributed by atoms with E-state index in [2.05, 4.69) is 0 Å². The lowest BCUT2D eigenvalue weighted by molar-refractivity contribution is -0.177. The molecule has 0 radical (unpaired) electrons. The molecule has 3 fully saturated rings. The first-order valence-electron chi connectivity index (χ1n) is 14.1. The van der Waals surface area contributed by atoms with Crippen molar-refractivity contribution in [2.75, 3.05) is 6.61 Å². The Kier molecular flexibility index (Phi) is 7.99. The number of aliphatic hydroxyl groups is 1. The standard InChI is InChI=1S/C31H28F4O8S2/c32-30(33,16-17-41-28(37)24-22-18-23-25(24)29(38)42-27(23)26(22)36)31(34,35)45(39,40)43-44(19-10-4-1-5-11-19,20-12-6-2-7-13-20)21-14-8-3-9-15-21/h1-15,22-27,36H,16-18H2. The van der Waals surface area contributed by atoms with Gasteiger partial charge in [0.1, 0.15) is 6.10 Å². The minimum absolute atomic E-state index is 0.166. The van der Waals surface area contributed by atoms with Gasteiger partial charge in [-0.05, 0) is 53.1 Å². The van der Waals surface area contributed by atoms with E-state index in [4.69, 9.17) is 13.1 Å². The Morgan fingerprint density at radius 3 is 1.82 bits per heavy atom. The van der Waals surface area contributed by atoms with E-state index in [1.807, 2.05) is 0 Å². The molecule has 1 N–H and O–H groups in total. The molecule has 1 aliphatic heterocycles. The minimum Gasteiger partial charge on any atom is -0.465 e. The van der Waals surface area contributed by atoms with Gasteiger partial charge in [0.15, 0.2) is 0 Å². The monoisotopic (exact) mass is 668 g/mol. The number of hydrogen-bond acceptors (Lipinski definition) is 8. The van der Waals surface area contributed by atoms with Crippen LogP contribution in [0.3, 0.4) is 0 Å². The molecule has 1 saturated heterocycles. The third-order valence-corrected chi connectivity index (χ3v) is 13.9. The molecule has 240 valence electrons. The fourth-order valence-corrected chi connectivity index (χ4v) is 11.8. The average molecular weight is 669 g/mol. The number of ether oxygens (including phenoxy) is 2. The van der Waals surface area contributed by atoms with Gasteiger partial charge in [-0.1, -0.05) is 54.6 Å². The molecule has 6 atom stereocenters. The number of esters is 2. The number of rotatable bonds is 11. The number of halogens is 4. The van der Waals surface area contributed by atoms with Crippen molar-refractivity contribution in [3.05, 3.63) is 91.0 Å². The molecule has 0 aromatic heterocycles. The number of hydrogen-bond donors (Lipinski definition) is 1. The van der Waals surface area contributed by atoms with Crippen LogP contribution in [0.1, 0.15) is 12.8 Å². The highest BCUT2D eigenvalue weighted by molar-refractivity contribution is 8.33. The van der Waals surface area contributed by atoms with Crippen molar-refractivity contribution in [1.29, 1.82) is 0 Å². The van der Waals surface area contributed by atoms with Crippen molar-refractivity contribution >= 4 is 32.4 Å². The molecule has 3 aromatic rings. The summed E-state index contributed by atoms with van der Waals surface area (Å²) in [6.07, 6.45) is -3.45. The second kappa shape index (κ2) is 11.4. The van der Waals surface area contributed by atoms with E-state index in [0.29, 0.717) is 6.42 Å². The Hall–Kier alpha value is -3.46. The molecule has 6 unspecified atom stereocenters. The molecular formula is C31H28F4O8S2. The van der Waals surface area contributed by atoms with E-state index >= 15 is 17.6 Å². The van der Waals surface area contributed by atoms with Crippen LogP contribution >= 0.6 is 10.3 Å². The van der Waals surface area contributed by atoms with Gasteiger partial charge in [-0.15, -0.1) is 0 Å². The topological polar surface area (TPSA) is 116 Å². The average Bonchev–Trinajstić information content (AvgIpc) is 3.65. The molecule has 45 heavy (non-hydrogen) atoms. The predicted octanol–water partition coefficient (Wildman–Crippen LogP) is 5.56. The zero-order valence-corrected chi connectivity index (χ0v) is 25.0. The summed E-state index contributed by atoms with van der Waals surface area (Å²) < 4.78 is 104. The minimum atomic E-state index is -6.40. The lowest BCUT2D eigenvalue weighted by Crippen LogP contribution is -2.48. The van der Waals surface area contributed by atoms with Crippen molar-refractivity contribution in [1.82, 2.24) is 0 Å². The lowest BCUT2D eigenvalue weighted by Gasteiger charge is -2.40. The summed E-state index contributed by atoms with van der Waals surface area (Å²) >= 11 is 0. The molecular weight excluding hydrogens is 640 g/mol. The second-order valence-corrected chi connectivity index (χ2v) is 15.7. The zero-order valence-electron chi connectivity index (χ0n) is 23.4. The molecule has 0 spiro atoms. The van der Waals surface area contributed by atoms with Crippen molar-refractivity contribution in [2.24, 2.45) is 23.7 Å². The number of alkyl halides is 4. The Balaban J connectivity index is 1.26. The van der Waals surface area contributed by atoms with E-state index in [-0.39, 0.29) is 14.7 Å². The highest BCUT2D eigenvalue weighted by Crippen LogP contribution is 2.71. The zero-order chi connectivity index (χ0) is 32.2. The van der Waals surface area contributed by atoms with Gasteiger partial charge in [-0.2, -0.15) is 26.0 Å². The first-order chi connectivity index (χ1) is 21.3. The van der Waals surface area contributed by atoms with Crippen LogP contribution in [-0.2, 0) is 32.8 Å². The van der Waals surface area contributed by atoms with Crippen LogP contribution in [0.4, 0.5) is 17.6 Å². The first kappa shape index (κ1) is 31.5. The molecule has 2 saturated carbocycles. The van der Waals surface area contributed by atoms with Gasteiger partial charge < -0.3 is 14.6 Å². The van der Waals surface area contributed by atoms with Crippen LogP contribution in [0.2, 0.25) is 0 Å². The van der Waals surface area contributed by atoms with Gasteiger partial charge in [0.25, 0.3) is 0 Å². The fourth-order valence-electron chi connectivity index (χ4n) is 6.58. The van der Waals surface area contributed by atoms with Crippen LogP contribution in [0.5, 0.6) is 0 Å². The maximum Gasteiger partial charge on any atom is 0.432 e. The van der Waals surface area contributed by atoms with Crippen molar-refractivity contribution in [3.63, 3.8) is 0 Å². The van der Waals surface area contributed by atoms with Gasteiger partial charge in [-0.25, -0.2) is 3.63 Å². The highest BCUT2D eigenvalue weighted by Gasteiger charge is 2.70. The SMILES string of the molecule is O=C(OCCC(F)(F)C(F)(F)S(=O)(=O)OS(c1ccccc1)(c1ccccc1)c1ccccc1)C1C2CC3C(OC(=O)C31)C2O.